The number of nitrogens with zero attached hydrogens (tertiary/aromatic N) is 1. The van der Waals surface area contributed by atoms with Crippen LogP contribution in [0.15, 0.2) is 18.2 Å². The molecule has 1 heterocycles. The molecule has 0 amide bonds. The lowest BCUT2D eigenvalue weighted by Crippen LogP contribution is -2.28. The second-order valence-corrected chi connectivity index (χ2v) is 5.64. The van der Waals surface area contributed by atoms with Gasteiger partial charge >= 0.3 is 0 Å². The summed E-state index contributed by atoms with van der Waals surface area (Å²) in [6.07, 6.45) is 1.31. The summed E-state index contributed by atoms with van der Waals surface area (Å²) in [4.78, 5) is 2.51. The van der Waals surface area contributed by atoms with E-state index in [1.165, 1.54) is 29.7 Å². The molecule has 2 atom stereocenters. The zero-order valence-electron chi connectivity index (χ0n) is 12.2. The Labute approximate surface area is 111 Å². The van der Waals surface area contributed by atoms with Gasteiger partial charge in [0.15, 0.2) is 0 Å². The number of hydrogen-bond acceptors (Lipinski definition) is 2. The number of benzene rings is 1. The Balaban J connectivity index is 2.22. The normalized spacial score (nSPS) is 24.7. The molecule has 1 aliphatic rings. The van der Waals surface area contributed by atoms with E-state index < -0.39 is 0 Å². The van der Waals surface area contributed by atoms with E-state index in [9.17, 15) is 0 Å². The van der Waals surface area contributed by atoms with Crippen molar-refractivity contribution in [2.45, 2.75) is 33.2 Å². The van der Waals surface area contributed by atoms with Gasteiger partial charge in [0, 0.05) is 6.04 Å². The van der Waals surface area contributed by atoms with Gasteiger partial charge in [-0.05, 0) is 64.0 Å². The van der Waals surface area contributed by atoms with Gasteiger partial charge in [0.25, 0.3) is 0 Å². The molecule has 0 aliphatic carbocycles. The highest BCUT2D eigenvalue weighted by atomic mass is 15.2. The molecule has 1 aromatic carbocycles. The Morgan fingerprint density at radius 3 is 2.78 bits per heavy atom. The third-order valence-electron chi connectivity index (χ3n) is 4.17. The van der Waals surface area contributed by atoms with Gasteiger partial charge in [0.1, 0.15) is 0 Å². The topological polar surface area (TPSA) is 15.3 Å². The Hall–Kier alpha value is -0.860. The van der Waals surface area contributed by atoms with E-state index in [1.54, 1.807) is 0 Å². The van der Waals surface area contributed by atoms with Crippen LogP contribution in [-0.2, 0) is 0 Å². The summed E-state index contributed by atoms with van der Waals surface area (Å²) in [6.45, 7) is 10.0. The zero-order chi connectivity index (χ0) is 13.1. The smallest absolute Gasteiger partial charge is 0.0388 e. The predicted molar refractivity (Wildman–Crippen MR) is 77.9 cm³/mol. The maximum atomic E-state index is 3.51. The molecular weight excluding hydrogens is 220 g/mol. The van der Waals surface area contributed by atoms with Gasteiger partial charge in [0.05, 0.1) is 0 Å². The largest absolute Gasteiger partial charge is 0.317 e. The van der Waals surface area contributed by atoms with Gasteiger partial charge in [0.2, 0.25) is 0 Å². The van der Waals surface area contributed by atoms with Crippen molar-refractivity contribution in [3.63, 3.8) is 0 Å². The fourth-order valence-corrected chi connectivity index (χ4v) is 3.22. The molecular formula is C16H26N2. The van der Waals surface area contributed by atoms with Crippen LogP contribution in [0.2, 0.25) is 0 Å². The predicted octanol–water partition coefficient (Wildman–Crippen LogP) is 2.91. The fourth-order valence-electron chi connectivity index (χ4n) is 3.22. The van der Waals surface area contributed by atoms with Crippen LogP contribution in [0.25, 0.3) is 0 Å². The first-order valence-electron chi connectivity index (χ1n) is 7.11. The first-order chi connectivity index (χ1) is 8.63. The molecule has 1 fully saturated rings. The first kappa shape index (κ1) is 13.6. The van der Waals surface area contributed by atoms with Crippen LogP contribution < -0.4 is 5.32 Å². The number of likely N-dealkylation sites (tertiary alicyclic amines) is 1. The molecule has 18 heavy (non-hydrogen) atoms. The lowest BCUT2D eigenvalue weighted by atomic mass is 9.90. The average molecular weight is 246 g/mol. The molecule has 100 valence electrons. The van der Waals surface area contributed by atoms with E-state index in [0.717, 1.165) is 19.0 Å². The van der Waals surface area contributed by atoms with E-state index in [2.05, 4.69) is 56.2 Å². The standard InChI is InChI=1S/C16H26N2/c1-5-17-11-14-8-9-18(4)16(14)15-7-6-12(2)10-13(15)3/h6-7,10,14,16-17H,5,8-9,11H2,1-4H3. The van der Waals surface area contributed by atoms with Crippen LogP contribution in [0.4, 0.5) is 0 Å². The van der Waals surface area contributed by atoms with Crippen LogP contribution in [-0.4, -0.2) is 31.6 Å². The van der Waals surface area contributed by atoms with Crippen LogP contribution in [0.1, 0.15) is 36.1 Å². The van der Waals surface area contributed by atoms with Crippen molar-refractivity contribution < 1.29 is 0 Å². The summed E-state index contributed by atoms with van der Waals surface area (Å²) in [6, 6.07) is 7.48. The summed E-state index contributed by atoms with van der Waals surface area (Å²) in [5.74, 6) is 0.747. The quantitative estimate of drug-likeness (QED) is 0.879. The van der Waals surface area contributed by atoms with E-state index in [1.807, 2.05) is 0 Å². The summed E-state index contributed by atoms with van der Waals surface area (Å²) in [5, 5.41) is 3.51. The highest BCUT2D eigenvalue weighted by Crippen LogP contribution is 2.37. The van der Waals surface area contributed by atoms with Crippen LogP contribution >= 0.6 is 0 Å². The minimum Gasteiger partial charge on any atom is -0.317 e. The minimum absolute atomic E-state index is 0.588. The fraction of sp³-hybridized carbons (Fsp3) is 0.625. The van der Waals surface area contributed by atoms with Gasteiger partial charge in [-0.3, -0.25) is 4.90 Å². The monoisotopic (exact) mass is 246 g/mol. The number of aryl methyl sites for hydroxylation is 2. The highest BCUT2D eigenvalue weighted by Gasteiger charge is 2.33. The van der Waals surface area contributed by atoms with Crippen LogP contribution in [0.5, 0.6) is 0 Å². The van der Waals surface area contributed by atoms with Crippen molar-refractivity contribution in [1.29, 1.82) is 0 Å². The summed E-state index contributed by atoms with van der Waals surface area (Å²) < 4.78 is 0. The van der Waals surface area contributed by atoms with Gasteiger partial charge < -0.3 is 5.32 Å². The number of hydrogen-bond donors (Lipinski definition) is 1. The van der Waals surface area contributed by atoms with Crippen molar-refractivity contribution in [2.75, 3.05) is 26.7 Å². The number of nitrogens with one attached hydrogen (secondary N) is 1. The SMILES string of the molecule is CCNCC1CCN(C)C1c1ccc(C)cc1C. The lowest BCUT2D eigenvalue weighted by Gasteiger charge is -2.27. The number of rotatable bonds is 4. The van der Waals surface area contributed by atoms with Gasteiger partial charge in [-0.25, -0.2) is 0 Å². The lowest BCUT2D eigenvalue weighted by molar-refractivity contribution is 0.272. The van der Waals surface area contributed by atoms with Gasteiger partial charge in [-0.15, -0.1) is 0 Å². The molecule has 1 saturated heterocycles. The maximum Gasteiger partial charge on any atom is 0.0388 e. The van der Waals surface area contributed by atoms with Crippen LogP contribution in [0.3, 0.4) is 0 Å². The van der Waals surface area contributed by atoms with Crippen LogP contribution in [0, 0.1) is 19.8 Å². The molecule has 0 radical (unpaired) electrons. The highest BCUT2D eigenvalue weighted by molar-refractivity contribution is 5.33. The van der Waals surface area contributed by atoms with E-state index in [4.69, 9.17) is 0 Å². The van der Waals surface area contributed by atoms with E-state index >= 15 is 0 Å². The molecule has 1 aromatic rings. The molecule has 0 bridgehead atoms. The van der Waals surface area contributed by atoms with Gasteiger partial charge in [-0.1, -0.05) is 30.7 Å². The first-order valence-corrected chi connectivity index (χ1v) is 7.11. The Kier molecular flexibility index (Phi) is 4.41. The maximum absolute atomic E-state index is 3.51. The summed E-state index contributed by atoms with van der Waals surface area (Å²) in [7, 11) is 2.26. The molecule has 0 spiro atoms. The Bertz CT molecular complexity index is 400. The molecule has 1 N–H and O–H groups in total. The zero-order valence-corrected chi connectivity index (χ0v) is 12.2. The third-order valence-corrected chi connectivity index (χ3v) is 4.17. The minimum atomic E-state index is 0.588. The molecule has 2 rings (SSSR count). The Morgan fingerprint density at radius 2 is 2.11 bits per heavy atom. The molecule has 2 unspecified atom stereocenters. The van der Waals surface area contributed by atoms with Crippen molar-refractivity contribution in [1.82, 2.24) is 10.2 Å². The molecule has 2 heteroatoms. The van der Waals surface area contributed by atoms with E-state index in [0.29, 0.717) is 6.04 Å². The Morgan fingerprint density at radius 1 is 1.33 bits per heavy atom. The van der Waals surface area contributed by atoms with E-state index in [-0.39, 0.29) is 0 Å². The van der Waals surface area contributed by atoms with Crippen molar-refractivity contribution in [3.8, 4) is 0 Å². The summed E-state index contributed by atoms with van der Waals surface area (Å²) in [5.41, 5.74) is 4.32. The van der Waals surface area contributed by atoms with Crippen molar-refractivity contribution >= 4 is 0 Å². The molecule has 2 nitrogen and oxygen atoms in total. The molecule has 0 saturated carbocycles. The molecule has 0 aromatic heterocycles. The molecule has 1 aliphatic heterocycles. The van der Waals surface area contributed by atoms with Crippen molar-refractivity contribution in [2.24, 2.45) is 5.92 Å². The second-order valence-electron chi connectivity index (χ2n) is 5.64. The average Bonchev–Trinajstić information content (AvgIpc) is 2.68. The third kappa shape index (κ3) is 2.76. The second kappa shape index (κ2) is 5.85. The van der Waals surface area contributed by atoms with Crippen molar-refractivity contribution in [3.05, 3.63) is 34.9 Å². The van der Waals surface area contributed by atoms with Gasteiger partial charge in [-0.2, -0.15) is 0 Å². The summed E-state index contributed by atoms with van der Waals surface area (Å²) >= 11 is 0.